The number of hydrogen-bond donors (Lipinski definition) is 1. The first-order valence-electron chi connectivity index (χ1n) is 6.99. The van der Waals surface area contributed by atoms with Crippen molar-refractivity contribution in [3.8, 4) is 0 Å². The Bertz CT molecular complexity index is 672. The number of carbonyl (C=O) groups is 1. The van der Waals surface area contributed by atoms with E-state index in [0.717, 1.165) is 29.8 Å². The van der Waals surface area contributed by atoms with Crippen molar-refractivity contribution >= 4 is 17.6 Å². The first-order chi connectivity index (χ1) is 11.3. The minimum absolute atomic E-state index is 0.0113. The predicted octanol–water partition coefficient (Wildman–Crippen LogP) is 4.09. The SMILES string of the molecule is O=C(OCc1ccccc1)C(Cl)C(O)c1ccc(C(F)(F)F)cc1. The van der Waals surface area contributed by atoms with E-state index in [1.54, 1.807) is 24.3 Å². The fraction of sp³-hybridized carbons (Fsp3) is 0.235. The number of esters is 1. The zero-order valence-corrected chi connectivity index (χ0v) is 13.1. The van der Waals surface area contributed by atoms with Crippen LogP contribution in [0.5, 0.6) is 0 Å². The molecule has 0 saturated carbocycles. The summed E-state index contributed by atoms with van der Waals surface area (Å²) in [5.74, 6) is -0.854. The van der Waals surface area contributed by atoms with Gasteiger partial charge in [0.2, 0.25) is 0 Å². The Morgan fingerprint density at radius 1 is 1.08 bits per heavy atom. The average molecular weight is 359 g/mol. The summed E-state index contributed by atoms with van der Waals surface area (Å²) in [5.41, 5.74) is -0.00498. The summed E-state index contributed by atoms with van der Waals surface area (Å²) in [6, 6.07) is 12.7. The van der Waals surface area contributed by atoms with Crippen molar-refractivity contribution < 1.29 is 27.8 Å². The first kappa shape index (κ1) is 18.3. The summed E-state index contributed by atoms with van der Waals surface area (Å²) in [6.45, 7) is -0.0113. The summed E-state index contributed by atoms with van der Waals surface area (Å²) < 4.78 is 42.5. The Morgan fingerprint density at radius 2 is 1.67 bits per heavy atom. The van der Waals surface area contributed by atoms with Gasteiger partial charge in [0.15, 0.2) is 5.38 Å². The number of aliphatic hydroxyl groups excluding tert-OH is 1. The molecule has 3 nitrogen and oxygen atoms in total. The van der Waals surface area contributed by atoms with Gasteiger partial charge in [0, 0.05) is 0 Å². The highest BCUT2D eigenvalue weighted by molar-refractivity contribution is 6.30. The molecule has 24 heavy (non-hydrogen) atoms. The topological polar surface area (TPSA) is 46.5 Å². The molecule has 2 aromatic rings. The molecule has 0 radical (unpaired) electrons. The largest absolute Gasteiger partial charge is 0.460 e. The smallest absolute Gasteiger partial charge is 0.416 e. The average Bonchev–Trinajstić information content (AvgIpc) is 2.58. The van der Waals surface area contributed by atoms with Crippen molar-refractivity contribution in [1.29, 1.82) is 0 Å². The Morgan fingerprint density at radius 3 is 2.21 bits per heavy atom. The summed E-state index contributed by atoms with van der Waals surface area (Å²) in [7, 11) is 0. The van der Waals surface area contributed by atoms with E-state index >= 15 is 0 Å². The van der Waals surface area contributed by atoms with Crippen LogP contribution in [0.1, 0.15) is 22.8 Å². The fourth-order valence-corrected chi connectivity index (χ4v) is 2.18. The molecule has 0 aromatic heterocycles. The lowest BCUT2D eigenvalue weighted by atomic mass is 10.0. The van der Waals surface area contributed by atoms with E-state index in [2.05, 4.69) is 0 Å². The highest BCUT2D eigenvalue weighted by Crippen LogP contribution is 2.31. The number of ether oxygens (including phenoxy) is 1. The quantitative estimate of drug-likeness (QED) is 0.647. The molecular formula is C17H14ClF3O3. The molecule has 2 atom stereocenters. The van der Waals surface area contributed by atoms with Crippen LogP contribution in [-0.2, 0) is 22.3 Å². The van der Waals surface area contributed by atoms with E-state index in [9.17, 15) is 23.1 Å². The zero-order chi connectivity index (χ0) is 17.7. The maximum atomic E-state index is 12.5. The molecule has 0 spiro atoms. The predicted molar refractivity (Wildman–Crippen MR) is 82.3 cm³/mol. The minimum Gasteiger partial charge on any atom is -0.460 e. The van der Waals surface area contributed by atoms with Crippen molar-refractivity contribution in [2.75, 3.05) is 0 Å². The third kappa shape index (κ3) is 4.72. The van der Waals surface area contributed by atoms with Crippen LogP contribution in [0.3, 0.4) is 0 Å². The van der Waals surface area contributed by atoms with Crippen LogP contribution in [0.25, 0.3) is 0 Å². The van der Waals surface area contributed by atoms with Crippen molar-refractivity contribution in [3.63, 3.8) is 0 Å². The number of alkyl halides is 4. The van der Waals surface area contributed by atoms with Crippen LogP contribution in [0, 0.1) is 0 Å². The molecule has 7 heteroatoms. The standard InChI is InChI=1S/C17H14ClF3O3/c18-14(16(23)24-10-11-4-2-1-3-5-11)15(22)12-6-8-13(9-7-12)17(19,20)21/h1-9,14-15,22H,10H2. The lowest BCUT2D eigenvalue weighted by Crippen LogP contribution is -2.25. The third-order valence-electron chi connectivity index (χ3n) is 3.31. The Labute approximate surface area is 141 Å². The normalized spacial score (nSPS) is 14.0. The molecule has 0 bridgehead atoms. The monoisotopic (exact) mass is 358 g/mol. The van der Waals surface area contributed by atoms with Gasteiger partial charge in [0.1, 0.15) is 12.7 Å². The lowest BCUT2D eigenvalue weighted by molar-refractivity contribution is -0.146. The van der Waals surface area contributed by atoms with Crippen LogP contribution >= 0.6 is 11.6 Å². The molecule has 0 aliphatic rings. The molecule has 0 aliphatic heterocycles. The zero-order valence-electron chi connectivity index (χ0n) is 12.3. The van der Waals surface area contributed by atoms with Gasteiger partial charge in [-0.05, 0) is 23.3 Å². The molecule has 1 N–H and O–H groups in total. The van der Waals surface area contributed by atoms with E-state index in [-0.39, 0.29) is 12.2 Å². The summed E-state index contributed by atoms with van der Waals surface area (Å²) in [4.78, 5) is 11.9. The van der Waals surface area contributed by atoms with E-state index in [4.69, 9.17) is 16.3 Å². The first-order valence-corrected chi connectivity index (χ1v) is 7.42. The molecule has 0 amide bonds. The summed E-state index contributed by atoms with van der Waals surface area (Å²) in [5, 5.41) is 8.61. The highest BCUT2D eigenvalue weighted by atomic mass is 35.5. The summed E-state index contributed by atoms with van der Waals surface area (Å²) in [6.07, 6.45) is -5.95. The maximum absolute atomic E-state index is 12.5. The van der Waals surface area contributed by atoms with Crippen molar-refractivity contribution in [1.82, 2.24) is 0 Å². The van der Waals surface area contributed by atoms with Crippen molar-refractivity contribution in [2.24, 2.45) is 0 Å². The molecule has 2 unspecified atom stereocenters. The van der Waals surface area contributed by atoms with Gasteiger partial charge >= 0.3 is 12.1 Å². The van der Waals surface area contributed by atoms with Gasteiger partial charge < -0.3 is 9.84 Å². The van der Waals surface area contributed by atoms with E-state index in [1.165, 1.54) is 0 Å². The Balaban J connectivity index is 1.98. The van der Waals surface area contributed by atoms with Gasteiger partial charge in [-0.3, -0.25) is 4.79 Å². The number of aliphatic hydroxyl groups is 1. The second kappa shape index (κ2) is 7.68. The van der Waals surface area contributed by atoms with Gasteiger partial charge in [-0.1, -0.05) is 42.5 Å². The highest BCUT2D eigenvalue weighted by Gasteiger charge is 2.31. The number of benzene rings is 2. The van der Waals surface area contributed by atoms with Gasteiger partial charge in [-0.25, -0.2) is 0 Å². The molecular weight excluding hydrogens is 345 g/mol. The molecule has 0 aliphatic carbocycles. The Hall–Kier alpha value is -2.05. The van der Waals surface area contributed by atoms with Crippen molar-refractivity contribution in [3.05, 3.63) is 71.3 Å². The van der Waals surface area contributed by atoms with E-state index < -0.39 is 29.2 Å². The number of halogens is 4. The van der Waals surface area contributed by atoms with E-state index in [1.807, 2.05) is 6.07 Å². The van der Waals surface area contributed by atoms with E-state index in [0.29, 0.717) is 0 Å². The van der Waals surface area contributed by atoms with Crippen LogP contribution in [0.4, 0.5) is 13.2 Å². The molecule has 0 heterocycles. The third-order valence-corrected chi connectivity index (χ3v) is 3.72. The van der Waals surface area contributed by atoms with Crippen molar-refractivity contribution in [2.45, 2.75) is 24.3 Å². The molecule has 128 valence electrons. The van der Waals surface area contributed by atoms with Gasteiger partial charge in [-0.2, -0.15) is 13.2 Å². The van der Waals surface area contributed by atoms with Crippen LogP contribution in [0.2, 0.25) is 0 Å². The molecule has 2 rings (SSSR count). The second-order valence-corrected chi connectivity index (χ2v) is 5.53. The number of hydrogen-bond acceptors (Lipinski definition) is 3. The van der Waals surface area contributed by atoms with Crippen LogP contribution in [-0.4, -0.2) is 16.5 Å². The molecule has 2 aromatic carbocycles. The number of rotatable bonds is 5. The minimum atomic E-state index is -4.47. The molecule has 0 fully saturated rings. The second-order valence-electron chi connectivity index (χ2n) is 5.06. The van der Waals surface area contributed by atoms with Crippen LogP contribution < -0.4 is 0 Å². The van der Waals surface area contributed by atoms with Crippen LogP contribution in [0.15, 0.2) is 54.6 Å². The fourth-order valence-electron chi connectivity index (χ4n) is 1.98. The Kier molecular flexibility index (Phi) is 5.85. The lowest BCUT2D eigenvalue weighted by Gasteiger charge is -2.17. The van der Waals surface area contributed by atoms with Gasteiger partial charge in [-0.15, -0.1) is 11.6 Å². The maximum Gasteiger partial charge on any atom is 0.416 e. The van der Waals surface area contributed by atoms with Gasteiger partial charge in [0.05, 0.1) is 5.56 Å². The number of carbonyl (C=O) groups excluding carboxylic acids is 1. The molecule has 0 saturated heterocycles. The summed E-state index contributed by atoms with van der Waals surface area (Å²) >= 11 is 5.87. The van der Waals surface area contributed by atoms with Gasteiger partial charge in [0.25, 0.3) is 0 Å².